The molecule has 9 nitrogen and oxygen atoms in total. The van der Waals surface area contributed by atoms with Crippen LogP contribution in [0.15, 0.2) is 42.5 Å². The average molecular weight is 374 g/mol. The maximum absolute atomic E-state index is 12.2. The Morgan fingerprint density at radius 2 is 1.67 bits per heavy atom. The molecule has 0 heterocycles. The third-order valence-electron chi connectivity index (χ3n) is 3.56. The summed E-state index contributed by atoms with van der Waals surface area (Å²) in [5.74, 6) is -3.38. The van der Waals surface area contributed by atoms with Crippen molar-refractivity contribution in [3.63, 3.8) is 0 Å². The van der Waals surface area contributed by atoms with Crippen LogP contribution in [0.4, 0.5) is 0 Å². The Morgan fingerprint density at radius 1 is 1.00 bits per heavy atom. The number of aromatic hydroxyl groups is 1. The van der Waals surface area contributed by atoms with Gasteiger partial charge in [-0.15, -0.1) is 0 Å². The normalized spacial score (nSPS) is 11.6. The van der Waals surface area contributed by atoms with Crippen LogP contribution in [-0.4, -0.2) is 39.3 Å². The van der Waals surface area contributed by atoms with Crippen molar-refractivity contribution >= 4 is 17.8 Å². The number of carbonyl (C=O) groups excluding carboxylic acids is 1. The summed E-state index contributed by atoms with van der Waals surface area (Å²) in [7, 11) is 0. The SMILES string of the molecule is CC(NOCc1ccccc1C(=O)O)NC(=O)c1ccc(O)cc1C(=O)O. The van der Waals surface area contributed by atoms with E-state index in [4.69, 9.17) is 15.1 Å². The van der Waals surface area contributed by atoms with Crippen LogP contribution in [0.5, 0.6) is 5.75 Å². The van der Waals surface area contributed by atoms with Gasteiger partial charge in [0.05, 0.1) is 29.5 Å². The summed E-state index contributed by atoms with van der Waals surface area (Å²) in [5.41, 5.74) is 2.63. The zero-order valence-electron chi connectivity index (χ0n) is 14.3. The highest BCUT2D eigenvalue weighted by Gasteiger charge is 2.19. The summed E-state index contributed by atoms with van der Waals surface area (Å²) < 4.78 is 0. The van der Waals surface area contributed by atoms with Crippen molar-refractivity contribution in [2.45, 2.75) is 19.7 Å². The molecule has 0 radical (unpaired) electrons. The van der Waals surface area contributed by atoms with Crippen molar-refractivity contribution in [1.29, 1.82) is 0 Å². The summed E-state index contributed by atoms with van der Waals surface area (Å²) in [6.07, 6.45) is -0.704. The lowest BCUT2D eigenvalue weighted by molar-refractivity contribution is 0.000240. The van der Waals surface area contributed by atoms with Gasteiger partial charge in [-0.3, -0.25) is 9.63 Å². The van der Waals surface area contributed by atoms with Gasteiger partial charge in [0.25, 0.3) is 5.91 Å². The van der Waals surface area contributed by atoms with Crippen LogP contribution in [0.25, 0.3) is 0 Å². The predicted octanol–water partition coefficient (Wildman–Crippen LogP) is 1.59. The summed E-state index contributed by atoms with van der Waals surface area (Å²) in [6.45, 7) is 1.50. The van der Waals surface area contributed by atoms with Crippen molar-refractivity contribution in [1.82, 2.24) is 10.8 Å². The number of hydrogen-bond acceptors (Lipinski definition) is 6. The molecular formula is C18H18N2O7. The van der Waals surface area contributed by atoms with Gasteiger partial charge in [-0.25, -0.2) is 9.59 Å². The number of benzene rings is 2. The number of carboxylic acid groups (broad SMARTS) is 2. The Labute approximate surface area is 154 Å². The van der Waals surface area contributed by atoms with Crippen LogP contribution in [0.2, 0.25) is 0 Å². The first-order valence-electron chi connectivity index (χ1n) is 7.85. The van der Waals surface area contributed by atoms with Gasteiger partial charge in [-0.2, -0.15) is 5.48 Å². The molecule has 142 valence electrons. The molecule has 2 rings (SSSR count). The van der Waals surface area contributed by atoms with Gasteiger partial charge >= 0.3 is 11.9 Å². The standard InChI is InChI=1S/C18H18N2O7/c1-10(20-27-9-11-4-2-3-5-13(11)17(23)24)19-16(22)14-7-6-12(21)8-15(14)18(25)26/h2-8,10,20-21H,9H2,1H3,(H,19,22)(H,23,24)(H,25,26). The van der Waals surface area contributed by atoms with Crippen molar-refractivity contribution in [3.8, 4) is 5.75 Å². The van der Waals surface area contributed by atoms with E-state index in [-0.39, 0.29) is 29.0 Å². The van der Waals surface area contributed by atoms with Crippen molar-refractivity contribution in [2.75, 3.05) is 0 Å². The molecule has 2 aromatic carbocycles. The molecule has 0 aliphatic heterocycles. The van der Waals surface area contributed by atoms with E-state index in [0.29, 0.717) is 5.56 Å². The number of carbonyl (C=O) groups is 3. The molecule has 0 aliphatic carbocycles. The molecule has 0 aliphatic rings. The van der Waals surface area contributed by atoms with Crippen molar-refractivity contribution in [3.05, 3.63) is 64.7 Å². The minimum absolute atomic E-state index is 0.0533. The van der Waals surface area contributed by atoms with E-state index in [1.54, 1.807) is 25.1 Å². The number of carboxylic acids is 2. The number of rotatable bonds is 8. The summed E-state index contributed by atoms with van der Waals surface area (Å²) in [4.78, 5) is 39.8. The first-order valence-corrected chi connectivity index (χ1v) is 7.85. The Morgan fingerprint density at radius 3 is 2.33 bits per heavy atom. The fourth-order valence-corrected chi connectivity index (χ4v) is 2.31. The van der Waals surface area contributed by atoms with E-state index in [0.717, 1.165) is 6.07 Å². The number of amides is 1. The van der Waals surface area contributed by atoms with Gasteiger partial charge in [0.15, 0.2) is 0 Å². The number of phenols is 1. The topological polar surface area (TPSA) is 145 Å². The Kier molecular flexibility index (Phi) is 6.47. The van der Waals surface area contributed by atoms with E-state index >= 15 is 0 Å². The monoisotopic (exact) mass is 374 g/mol. The van der Waals surface area contributed by atoms with Crippen LogP contribution in [-0.2, 0) is 11.4 Å². The summed E-state index contributed by atoms with van der Waals surface area (Å²) in [5, 5.41) is 30.1. The molecule has 1 atom stereocenters. The van der Waals surface area contributed by atoms with Crippen LogP contribution in [0.1, 0.15) is 43.6 Å². The summed E-state index contributed by atoms with van der Waals surface area (Å²) in [6, 6.07) is 9.71. The molecule has 0 spiro atoms. The predicted molar refractivity (Wildman–Crippen MR) is 93.3 cm³/mol. The maximum atomic E-state index is 12.2. The highest BCUT2D eigenvalue weighted by molar-refractivity contribution is 6.05. The van der Waals surface area contributed by atoms with Crippen LogP contribution >= 0.6 is 0 Å². The first kappa shape index (κ1) is 19.9. The maximum Gasteiger partial charge on any atom is 0.336 e. The number of aromatic carboxylic acids is 2. The fourth-order valence-electron chi connectivity index (χ4n) is 2.31. The van der Waals surface area contributed by atoms with Gasteiger partial charge in [0, 0.05) is 0 Å². The van der Waals surface area contributed by atoms with E-state index in [9.17, 15) is 19.5 Å². The van der Waals surface area contributed by atoms with E-state index < -0.39 is 24.0 Å². The van der Waals surface area contributed by atoms with E-state index in [1.807, 2.05) is 0 Å². The van der Waals surface area contributed by atoms with Crippen molar-refractivity contribution < 1.29 is 34.5 Å². The van der Waals surface area contributed by atoms with Gasteiger partial charge in [0.2, 0.25) is 0 Å². The van der Waals surface area contributed by atoms with Crippen LogP contribution < -0.4 is 10.8 Å². The Balaban J connectivity index is 1.95. The molecule has 0 bridgehead atoms. The Hall–Kier alpha value is -3.43. The lowest BCUT2D eigenvalue weighted by Crippen LogP contribution is -2.43. The molecule has 0 aromatic heterocycles. The Bertz CT molecular complexity index is 867. The second-order valence-electron chi connectivity index (χ2n) is 5.60. The average Bonchev–Trinajstić information content (AvgIpc) is 2.61. The molecule has 27 heavy (non-hydrogen) atoms. The largest absolute Gasteiger partial charge is 0.508 e. The quantitative estimate of drug-likeness (QED) is 0.346. The second-order valence-corrected chi connectivity index (χ2v) is 5.60. The molecule has 0 saturated carbocycles. The zero-order valence-corrected chi connectivity index (χ0v) is 14.3. The second kappa shape index (κ2) is 8.79. The van der Waals surface area contributed by atoms with Gasteiger partial charge in [-0.1, -0.05) is 18.2 Å². The smallest absolute Gasteiger partial charge is 0.336 e. The molecule has 2 aromatic rings. The molecular weight excluding hydrogens is 356 g/mol. The fraction of sp³-hybridized carbons (Fsp3) is 0.167. The number of nitrogens with one attached hydrogen (secondary N) is 2. The third kappa shape index (κ3) is 5.27. The van der Waals surface area contributed by atoms with E-state index in [1.165, 1.54) is 18.2 Å². The van der Waals surface area contributed by atoms with Gasteiger partial charge < -0.3 is 20.6 Å². The molecule has 1 unspecified atom stereocenters. The molecule has 1 amide bonds. The van der Waals surface area contributed by atoms with Gasteiger partial charge in [-0.05, 0) is 36.8 Å². The molecule has 5 N–H and O–H groups in total. The lowest BCUT2D eigenvalue weighted by atomic mass is 10.1. The number of phenolic OH excluding ortho intramolecular Hbond substituents is 1. The molecule has 0 fully saturated rings. The highest BCUT2D eigenvalue weighted by Crippen LogP contribution is 2.17. The third-order valence-corrected chi connectivity index (χ3v) is 3.56. The summed E-state index contributed by atoms with van der Waals surface area (Å²) >= 11 is 0. The number of hydroxylamine groups is 1. The van der Waals surface area contributed by atoms with Crippen LogP contribution in [0, 0.1) is 0 Å². The first-order chi connectivity index (χ1) is 12.8. The molecule has 0 saturated heterocycles. The lowest BCUT2D eigenvalue weighted by Gasteiger charge is -2.17. The number of hydrogen-bond donors (Lipinski definition) is 5. The van der Waals surface area contributed by atoms with Gasteiger partial charge in [0.1, 0.15) is 5.75 Å². The van der Waals surface area contributed by atoms with E-state index in [2.05, 4.69) is 10.8 Å². The van der Waals surface area contributed by atoms with Crippen molar-refractivity contribution in [2.24, 2.45) is 0 Å². The molecule has 9 heteroatoms. The minimum Gasteiger partial charge on any atom is -0.508 e. The highest BCUT2D eigenvalue weighted by atomic mass is 16.6. The van der Waals surface area contributed by atoms with Crippen LogP contribution in [0.3, 0.4) is 0 Å². The zero-order chi connectivity index (χ0) is 20.0. The minimum atomic E-state index is -1.35.